The van der Waals surface area contributed by atoms with Crippen molar-refractivity contribution in [1.29, 1.82) is 0 Å². The number of hydrogen-bond donors (Lipinski definition) is 2. The molecule has 2 rings (SSSR count). The monoisotopic (exact) mass is 445 g/mol. The van der Waals surface area contributed by atoms with Gasteiger partial charge in [0.2, 0.25) is 0 Å². The number of amides is 1. The second kappa shape index (κ2) is 7.99. The van der Waals surface area contributed by atoms with E-state index < -0.39 is 20.5 Å². The molecular formula is C17H20BrNO4S2. The highest BCUT2D eigenvalue weighted by atomic mass is 79.9. The average Bonchev–Trinajstić information content (AvgIpc) is 3.00. The molecule has 1 atom stereocenters. The van der Waals surface area contributed by atoms with Gasteiger partial charge in [0.15, 0.2) is 9.84 Å². The molecule has 0 saturated carbocycles. The summed E-state index contributed by atoms with van der Waals surface area (Å²) in [4.78, 5) is 13.0. The third kappa shape index (κ3) is 4.69. The van der Waals surface area contributed by atoms with Crippen molar-refractivity contribution in [2.24, 2.45) is 0 Å². The van der Waals surface area contributed by atoms with Crippen LogP contribution in [0.15, 0.2) is 40.2 Å². The van der Waals surface area contributed by atoms with Crippen molar-refractivity contribution < 1.29 is 18.4 Å². The first-order valence-corrected chi connectivity index (χ1v) is 11.2. The number of halogens is 1. The number of hydrogen-bond acceptors (Lipinski definition) is 5. The molecule has 0 radical (unpaired) electrons. The number of thiophene rings is 1. The van der Waals surface area contributed by atoms with Gasteiger partial charge in [0.05, 0.1) is 3.79 Å². The summed E-state index contributed by atoms with van der Waals surface area (Å²) in [6.45, 7) is 1.34. The zero-order valence-corrected chi connectivity index (χ0v) is 17.2. The molecule has 1 aromatic carbocycles. The Kier molecular flexibility index (Phi) is 6.42. The van der Waals surface area contributed by atoms with E-state index in [0.29, 0.717) is 12.8 Å². The third-order valence-corrected chi connectivity index (χ3v) is 8.03. The third-order valence-electron chi connectivity index (χ3n) is 4.33. The fourth-order valence-corrected chi connectivity index (χ4v) is 4.81. The second-order valence-corrected chi connectivity index (χ2v) is 11.0. The van der Waals surface area contributed by atoms with Crippen molar-refractivity contribution in [3.8, 4) is 10.4 Å². The molecule has 0 aliphatic heterocycles. The van der Waals surface area contributed by atoms with Crippen LogP contribution in [0, 0.1) is 0 Å². The van der Waals surface area contributed by atoms with Gasteiger partial charge < -0.3 is 0 Å². The summed E-state index contributed by atoms with van der Waals surface area (Å²) in [5.41, 5.74) is 3.66. The first-order valence-electron chi connectivity index (χ1n) is 7.66. The first-order chi connectivity index (χ1) is 11.7. The molecule has 2 N–H and O–H groups in total. The van der Waals surface area contributed by atoms with Crippen molar-refractivity contribution in [2.45, 2.75) is 30.9 Å². The number of benzene rings is 1. The molecule has 1 heterocycles. The van der Waals surface area contributed by atoms with Gasteiger partial charge in [0, 0.05) is 11.1 Å². The number of sulfone groups is 1. The summed E-state index contributed by atoms with van der Waals surface area (Å²) >= 11 is 5.11. The molecule has 0 fully saturated rings. The maximum absolute atomic E-state index is 11.9. The van der Waals surface area contributed by atoms with Crippen LogP contribution in [-0.2, 0) is 21.1 Å². The highest BCUT2D eigenvalue weighted by Gasteiger charge is 2.42. The van der Waals surface area contributed by atoms with Gasteiger partial charge in [-0.15, -0.1) is 11.3 Å². The highest BCUT2D eigenvalue weighted by Crippen LogP contribution is 2.31. The quantitative estimate of drug-likeness (QED) is 0.501. The van der Waals surface area contributed by atoms with E-state index in [2.05, 4.69) is 22.0 Å². The lowest BCUT2D eigenvalue weighted by Crippen LogP contribution is -2.49. The number of carbonyl (C=O) groups is 1. The fraction of sp³-hybridized carbons (Fsp3) is 0.353. The minimum atomic E-state index is -3.65. The first kappa shape index (κ1) is 20.1. The standard InChI is InChI=1S/C17H20BrNO4S2/c1-17(16(20)19-21,25(2,22)23)11-3-4-12-5-7-13(8-6-12)14-9-10-15(18)24-14/h5-10,21H,3-4,11H2,1-2H3,(H,19,20). The Bertz CT molecular complexity index is 846. The fourth-order valence-electron chi connectivity index (χ4n) is 2.52. The van der Waals surface area contributed by atoms with Crippen LogP contribution >= 0.6 is 27.3 Å². The summed E-state index contributed by atoms with van der Waals surface area (Å²) < 4.78 is 23.3. The van der Waals surface area contributed by atoms with Crippen molar-refractivity contribution in [3.63, 3.8) is 0 Å². The maximum Gasteiger partial charge on any atom is 0.264 e. The minimum absolute atomic E-state index is 0.137. The zero-order chi connectivity index (χ0) is 18.7. The molecule has 2 aromatic rings. The molecule has 0 saturated heterocycles. The Balaban J connectivity index is 2.02. The summed E-state index contributed by atoms with van der Waals surface area (Å²) in [6, 6.07) is 12.1. The van der Waals surface area contributed by atoms with E-state index in [1.165, 1.54) is 17.3 Å². The smallest absolute Gasteiger partial charge is 0.264 e. The van der Waals surface area contributed by atoms with Gasteiger partial charge in [-0.1, -0.05) is 24.3 Å². The highest BCUT2D eigenvalue weighted by molar-refractivity contribution is 9.11. The van der Waals surface area contributed by atoms with E-state index in [4.69, 9.17) is 5.21 Å². The van der Waals surface area contributed by atoms with Crippen molar-refractivity contribution in [1.82, 2.24) is 5.48 Å². The van der Waals surface area contributed by atoms with E-state index in [9.17, 15) is 13.2 Å². The lowest BCUT2D eigenvalue weighted by atomic mass is 9.99. The number of rotatable bonds is 7. The van der Waals surface area contributed by atoms with Gasteiger partial charge in [-0.3, -0.25) is 10.0 Å². The predicted octanol–water partition coefficient (Wildman–Crippen LogP) is 3.81. The Morgan fingerprint density at radius 1 is 1.24 bits per heavy atom. The molecule has 1 aromatic heterocycles. The van der Waals surface area contributed by atoms with Crippen LogP contribution in [0.2, 0.25) is 0 Å². The van der Waals surface area contributed by atoms with Crippen LogP contribution in [0.4, 0.5) is 0 Å². The maximum atomic E-state index is 11.9. The summed E-state index contributed by atoms with van der Waals surface area (Å²) in [5, 5.41) is 8.82. The van der Waals surface area contributed by atoms with E-state index in [-0.39, 0.29) is 6.42 Å². The van der Waals surface area contributed by atoms with E-state index in [0.717, 1.165) is 21.2 Å². The number of aryl methyl sites for hydroxylation is 1. The molecule has 8 heteroatoms. The van der Waals surface area contributed by atoms with Gasteiger partial charge >= 0.3 is 0 Å². The Morgan fingerprint density at radius 2 is 1.88 bits per heavy atom. The summed E-state index contributed by atoms with van der Waals surface area (Å²) in [6.07, 6.45) is 2.31. The molecule has 1 amide bonds. The van der Waals surface area contributed by atoms with E-state index in [1.807, 2.05) is 30.3 Å². The Morgan fingerprint density at radius 3 is 2.36 bits per heavy atom. The second-order valence-electron chi connectivity index (χ2n) is 6.10. The van der Waals surface area contributed by atoms with Gasteiger partial charge in [0.25, 0.3) is 5.91 Å². The lowest BCUT2D eigenvalue weighted by Gasteiger charge is -2.24. The van der Waals surface area contributed by atoms with Crippen LogP contribution < -0.4 is 5.48 Å². The predicted molar refractivity (Wildman–Crippen MR) is 104 cm³/mol. The molecule has 0 aliphatic rings. The molecule has 25 heavy (non-hydrogen) atoms. The lowest BCUT2D eigenvalue weighted by molar-refractivity contribution is -0.131. The zero-order valence-electron chi connectivity index (χ0n) is 14.0. The van der Waals surface area contributed by atoms with Gasteiger partial charge in [0.1, 0.15) is 4.75 Å². The van der Waals surface area contributed by atoms with Crippen LogP contribution in [0.1, 0.15) is 25.3 Å². The van der Waals surface area contributed by atoms with Crippen molar-refractivity contribution in [3.05, 3.63) is 45.7 Å². The molecule has 0 bridgehead atoms. The van der Waals surface area contributed by atoms with Crippen molar-refractivity contribution >= 4 is 43.0 Å². The topological polar surface area (TPSA) is 83.5 Å². The molecule has 1 unspecified atom stereocenters. The Labute approximate surface area is 160 Å². The normalized spacial score (nSPS) is 14.1. The van der Waals surface area contributed by atoms with Crippen LogP contribution in [0.3, 0.4) is 0 Å². The van der Waals surface area contributed by atoms with Gasteiger partial charge in [-0.05, 0) is 65.4 Å². The average molecular weight is 446 g/mol. The minimum Gasteiger partial charge on any atom is -0.289 e. The molecule has 0 aliphatic carbocycles. The molecule has 5 nitrogen and oxygen atoms in total. The molecule has 136 valence electrons. The van der Waals surface area contributed by atoms with Gasteiger partial charge in [-0.2, -0.15) is 0 Å². The van der Waals surface area contributed by atoms with E-state index >= 15 is 0 Å². The van der Waals surface area contributed by atoms with Crippen LogP contribution in [-0.4, -0.2) is 30.5 Å². The summed E-state index contributed by atoms with van der Waals surface area (Å²) in [5.74, 6) is -0.895. The largest absolute Gasteiger partial charge is 0.289 e. The molecule has 0 spiro atoms. The summed E-state index contributed by atoms with van der Waals surface area (Å²) in [7, 11) is -3.65. The number of hydroxylamine groups is 1. The molecular weight excluding hydrogens is 426 g/mol. The van der Waals surface area contributed by atoms with E-state index in [1.54, 1.807) is 11.3 Å². The Hall–Kier alpha value is -1.22. The van der Waals surface area contributed by atoms with Gasteiger partial charge in [-0.25, -0.2) is 13.9 Å². The van der Waals surface area contributed by atoms with Crippen molar-refractivity contribution in [2.75, 3.05) is 6.26 Å². The number of nitrogens with one attached hydrogen (secondary N) is 1. The van der Waals surface area contributed by atoms with Crippen LogP contribution in [0.5, 0.6) is 0 Å². The van der Waals surface area contributed by atoms with Crippen LogP contribution in [0.25, 0.3) is 10.4 Å². The number of carbonyl (C=O) groups excluding carboxylic acids is 1. The SMILES string of the molecule is CC(CCCc1ccc(-c2ccc(Br)s2)cc1)(C(=O)NO)S(C)(=O)=O.